The van der Waals surface area contributed by atoms with Crippen molar-refractivity contribution >= 4 is 27.5 Å². The second-order valence-electron chi connectivity index (χ2n) is 5.59. The van der Waals surface area contributed by atoms with E-state index in [0.29, 0.717) is 22.4 Å². The van der Waals surface area contributed by atoms with E-state index in [1.807, 2.05) is 0 Å². The molecule has 0 amide bonds. The molecule has 3 rings (SSSR count). The van der Waals surface area contributed by atoms with E-state index in [0.717, 1.165) is 16.0 Å². The van der Waals surface area contributed by atoms with E-state index < -0.39 is 0 Å². The maximum Gasteiger partial charge on any atom is 0.147 e. The summed E-state index contributed by atoms with van der Waals surface area (Å²) in [6.45, 7) is 4.52. The molecule has 1 unspecified atom stereocenters. The minimum absolute atomic E-state index is 0.359. The highest BCUT2D eigenvalue weighted by Gasteiger charge is 2.49. The fourth-order valence-corrected chi connectivity index (χ4v) is 2.83. The van der Waals surface area contributed by atoms with E-state index in [1.54, 1.807) is 0 Å². The van der Waals surface area contributed by atoms with Crippen LogP contribution in [-0.4, -0.2) is 9.97 Å². The van der Waals surface area contributed by atoms with Crippen LogP contribution in [0.1, 0.15) is 56.5 Å². The molecule has 86 valence electrons. The Bertz CT molecular complexity index is 455. The molecule has 0 aliphatic heterocycles. The first-order valence-corrected chi connectivity index (χ1v) is 6.89. The van der Waals surface area contributed by atoms with Gasteiger partial charge in [-0.3, -0.25) is 0 Å². The molecule has 16 heavy (non-hydrogen) atoms. The zero-order valence-corrected chi connectivity index (χ0v) is 11.8. The Hall–Kier alpha value is -0.150. The van der Waals surface area contributed by atoms with Gasteiger partial charge in [0.05, 0.1) is 10.2 Å². The predicted octanol–water partition coefficient (Wildman–Crippen LogP) is 4.28. The van der Waals surface area contributed by atoms with E-state index in [4.69, 9.17) is 16.6 Å². The molecule has 2 fully saturated rings. The van der Waals surface area contributed by atoms with Gasteiger partial charge in [-0.15, -0.1) is 0 Å². The number of hydrogen-bond donors (Lipinski definition) is 0. The van der Waals surface area contributed by atoms with Crippen molar-refractivity contribution in [3.63, 3.8) is 0 Å². The number of nitrogens with zero attached hydrogens (tertiary/aromatic N) is 2. The summed E-state index contributed by atoms with van der Waals surface area (Å²) < 4.78 is 0.902. The van der Waals surface area contributed by atoms with E-state index in [1.165, 1.54) is 19.3 Å². The van der Waals surface area contributed by atoms with Gasteiger partial charge in [-0.25, -0.2) is 9.97 Å². The minimum Gasteiger partial charge on any atom is -0.236 e. The molecule has 0 bridgehead atoms. The standard InChI is InChI=1S/C12H14BrClN2/c1-12(2)5-7(12)11-15-9(6-3-4-6)8(13)10(14)16-11/h6-7H,3-5H2,1-2H3. The monoisotopic (exact) mass is 300 g/mol. The van der Waals surface area contributed by atoms with Crippen LogP contribution in [0.2, 0.25) is 5.15 Å². The molecule has 0 radical (unpaired) electrons. The van der Waals surface area contributed by atoms with Gasteiger partial charge in [0.1, 0.15) is 11.0 Å². The largest absolute Gasteiger partial charge is 0.236 e. The zero-order chi connectivity index (χ0) is 11.5. The quantitative estimate of drug-likeness (QED) is 0.762. The van der Waals surface area contributed by atoms with Gasteiger partial charge in [-0.05, 0) is 40.6 Å². The zero-order valence-electron chi connectivity index (χ0n) is 9.43. The summed E-state index contributed by atoms with van der Waals surface area (Å²) in [5, 5.41) is 0.578. The van der Waals surface area contributed by atoms with Crippen molar-refractivity contribution in [2.75, 3.05) is 0 Å². The molecule has 0 N–H and O–H groups in total. The Labute approximate surface area is 109 Å². The van der Waals surface area contributed by atoms with Crippen molar-refractivity contribution in [2.24, 2.45) is 5.41 Å². The molecule has 2 aliphatic carbocycles. The average Bonchev–Trinajstić information content (AvgIpc) is 3.07. The van der Waals surface area contributed by atoms with Crippen molar-refractivity contribution < 1.29 is 0 Å². The second kappa shape index (κ2) is 3.42. The van der Waals surface area contributed by atoms with Crippen LogP contribution >= 0.6 is 27.5 Å². The van der Waals surface area contributed by atoms with Crippen molar-refractivity contribution in [2.45, 2.75) is 44.9 Å². The van der Waals surface area contributed by atoms with Crippen LogP contribution in [0.25, 0.3) is 0 Å². The third-order valence-corrected chi connectivity index (χ3v) is 4.93. The number of halogens is 2. The average molecular weight is 302 g/mol. The Morgan fingerprint density at radius 1 is 1.31 bits per heavy atom. The van der Waals surface area contributed by atoms with Crippen molar-refractivity contribution in [1.29, 1.82) is 0 Å². The summed E-state index contributed by atoms with van der Waals surface area (Å²) >= 11 is 9.65. The van der Waals surface area contributed by atoms with Gasteiger partial charge in [-0.1, -0.05) is 25.4 Å². The lowest BCUT2D eigenvalue weighted by Crippen LogP contribution is -2.02. The van der Waals surface area contributed by atoms with Crippen molar-refractivity contribution in [3.05, 3.63) is 21.1 Å². The van der Waals surface area contributed by atoms with E-state index >= 15 is 0 Å². The Kier molecular flexibility index (Phi) is 2.35. The van der Waals surface area contributed by atoms with Crippen LogP contribution < -0.4 is 0 Å². The summed E-state index contributed by atoms with van der Waals surface area (Å²) in [6, 6.07) is 0. The summed E-state index contributed by atoms with van der Waals surface area (Å²) in [6.07, 6.45) is 3.65. The second-order valence-corrected chi connectivity index (χ2v) is 6.74. The maximum absolute atomic E-state index is 6.16. The van der Waals surface area contributed by atoms with E-state index in [-0.39, 0.29) is 0 Å². The first-order chi connectivity index (χ1) is 7.49. The van der Waals surface area contributed by atoms with Crippen LogP contribution in [0.15, 0.2) is 4.47 Å². The fourth-order valence-electron chi connectivity index (χ4n) is 2.14. The van der Waals surface area contributed by atoms with Crippen molar-refractivity contribution in [3.8, 4) is 0 Å². The van der Waals surface area contributed by atoms with Crippen LogP contribution in [0.3, 0.4) is 0 Å². The lowest BCUT2D eigenvalue weighted by atomic mass is 10.1. The number of rotatable bonds is 2. The predicted molar refractivity (Wildman–Crippen MR) is 67.9 cm³/mol. The molecule has 2 nitrogen and oxygen atoms in total. The maximum atomic E-state index is 6.16. The summed E-state index contributed by atoms with van der Waals surface area (Å²) in [4.78, 5) is 9.12. The van der Waals surface area contributed by atoms with E-state index in [2.05, 4.69) is 34.8 Å². The number of aromatic nitrogens is 2. The van der Waals surface area contributed by atoms with Gasteiger partial charge < -0.3 is 0 Å². The fraction of sp³-hybridized carbons (Fsp3) is 0.667. The molecular weight excluding hydrogens is 288 g/mol. The SMILES string of the molecule is CC1(C)CC1c1nc(Cl)c(Br)c(C2CC2)n1. The topological polar surface area (TPSA) is 25.8 Å². The first-order valence-electron chi connectivity index (χ1n) is 5.72. The van der Waals surface area contributed by atoms with Crippen LogP contribution in [0.4, 0.5) is 0 Å². The molecule has 0 spiro atoms. The van der Waals surface area contributed by atoms with Gasteiger partial charge in [0.15, 0.2) is 0 Å². The third-order valence-electron chi connectivity index (χ3n) is 3.64. The summed E-state index contributed by atoms with van der Waals surface area (Å²) in [5.41, 5.74) is 1.48. The van der Waals surface area contributed by atoms with Crippen LogP contribution in [0.5, 0.6) is 0 Å². The van der Waals surface area contributed by atoms with Crippen LogP contribution in [-0.2, 0) is 0 Å². The Balaban J connectivity index is 2.01. The van der Waals surface area contributed by atoms with Gasteiger partial charge in [-0.2, -0.15) is 0 Å². The Morgan fingerprint density at radius 2 is 1.94 bits per heavy atom. The summed E-state index contributed by atoms with van der Waals surface area (Å²) in [5.74, 6) is 2.05. The highest BCUT2D eigenvalue weighted by molar-refractivity contribution is 9.10. The van der Waals surface area contributed by atoms with Gasteiger partial charge in [0, 0.05) is 11.8 Å². The van der Waals surface area contributed by atoms with Crippen LogP contribution in [0, 0.1) is 5.41 Å². The molecule has 2 saturated carbocycles. The van der Waals surface area contributed by atoms with E-state index in [9.17, 15) is 0 Å². The minimum atomic E-state index is 0.359. The van der Waals surface area contributed by atoms with Gasteiger partial charge in [0.25, 0.3) is 0 Å². The molecular formula is C12H14BrClN2. The number of hydrogen-bond acceptors (Lipinski definition) is 2. The van der Waals surface area contributed by atoms with Gasteiger partial charge >= 0.3 is 0 Å². The lowest BCUT2D eigenvalue weighted by molar-refractivity contribution is 0.606. The molecule has 1 aromatic heterocycles. The molecule has 1 heterocycles. The normalized spacial score (nSPS) is 26.9. The molecule has 2 aliphatic rings. The highest BCUT2D eigenvalue weighted by Crippen LogP contribution is 2.58. The highest BCUT2D eigenvalue weighted by atomic mass is 79.9. The van der Waals surface area contributed by atoms with Gasteiger partial charge in [0.2, 0.25) is 0 Å². The third kappa shape index (κ3) is 1.78. The molecule has 1 atom stereocenters. The summed E-state index contributed by atoms with van der Waals surface area (Å²) in [7, 11) is 0. The lowest BCUT2D eigenvalue weighted by Gasteiger charge is -2.08. The molecule has 0 saturated heterocycles. The molecule has 1 aromatic rings. The van der Waals surface area contributed by atoms with Crippen molar-refractivity contribution in [1.82, 2.24) is 9.97 Å². The Morgan fingerprint density at radius 3 is 2.44 bits per heavy atom. The first kappa shape index (κ1) is 11.0. The molecule has 4 heteroatoms. The molecule has 0 aromatic carbocycles. The smallest absolute Gasteiger partial charge is 0.147 e.